The Morgan fingerprint density at radius 2 is 2.07 bits per heavy atom. The molecule has 0 saturated carbocycles. The lowest BCUT2D eigenvalue weighted by molar-refractivity contribution is 0.0953. The van der Waals surface area contributed by atoms with Crippen LogP contribution in [0.5, 0.6) is 5.88 Å². The number of hydrogen-bond donors (Lipinski definition) is 2. The molecule has 0 aliphatic carbocycles. The van der Waals surface area contributed by atoms with Gasteiger partial charge < -0.3 is 14.5 Å². The molecule has 27 heavy (non-hydrogen) atoms. The number of unbranched alkanes of at least 4 members (excludes halogenated alkanes) is 2. The van der Waals surface area contributed by atoms with Gasteiger partial charge in [0, 0.05) is 11.5 Å². The number of pyridine rings is 1. The highest BCUT2D eigenvalue weighted by Gasteiger charge is 2.13. The van der Waals surface area contributed by atoms with Crippen molar-refractivity contribution in [3.8, 4) is 5.88 Å². The van der Waals surface area contributed by atoms with Crippen molar-refractivity contribution in [1.82, 2.24) is 10.3 Å². The van der Waals surface area contributed by atoms with E-state index in [0.717, 1.165) is 24.6 Å². The quantitative estimate of drug-likeness (QED) is 0.461. The molecule has 3 aromatic rings. The number of thiocarbonyl (C=S) groups is 1. The van der Waals surface area contributed by atoms with Crippen molar-refractivity contribution in [3.63, 3.8) is 0 Å². The van der Waals surface area contributed by atoms with Crippen molar-refractivity contribution in [2.45, 2.75) is 26.2 Å². The summed E-state index contributed by atoms with van der Waals surface area (Å²) in [4.78, 5) is 16.5. The maximum absolute atomic E-state index is 12.3. The third kappa shape index (κ3) is 5.27. The minimum absolute atomic E-state index is 0.166. The van der Waals surface area contributed by atoms with E-state index in [1.807, 2.05) is 18.2 Å². The number of anilines is 1. The van der Waals surface area contributed by atoms with Crippen molar-refractivity contribution >= 4 is 39.9 Å². The maximum atomic E-state index is 12.3. The Hall–Kier alpha value is -2.93. The number of amides is 1. The minimum Gasteiger partial charge on any atom is -0.478 e. The number of nitrogens with zero attached hydrogens (tertiary/aromatic N) is 1. The smallest absolute Gasteiger partial charge is 0.293 e. The first-order valence-electron chi connectivity index (χ1n) is 8.85. The molecular formula is C20H21N3O3S. The summed E-state index contributed by atoms with van der Waals surface area (Å²) in [7, 11) is 0. The predicted octanol–water partition coefficient (Wildman–Crippen LogP) is 4.52. The summed E-state index contributed by atoms with van der Waals surface area (Å²) < 4.78 is 11.1. The third-order valence-electron chi connectivity index (χ3n) is 3.87. The van der Waals surface area contributed by atoms with Gasteiger partial charge in [-0.25, -0.2) is 4.98 Å². The Labute approximate surface area is 162 Å². The highest BCUT2D eigenvalue weighted by molar-refractivity contribution is 7.80. The second kappa shape index (κ2) is 9.14. The van der Waals surface area contributed by atoms with Gasteiger partial charge in [-0.15, -0.1) is 0 Å². The Kier molecular flexibility index (Phi) is 6.38. The molecule has 7 heteroatoms. The number of benzene rings is 1. The van der Waals surface area contributed by atoms with E-state index in [-0.39, 0.29) is 10.9 Å². The van der Waals surface area contributed by atoms with Gasteiger partial charge in [-0.05, 0) is 36.8 Å². The zero-order chi connectivity index (χ0) is 19.1. The number of carbonyl (C=O) groups is 1. The van der Waals surface area contributed by atoms with Gasteiger partial charge in [0.05, 0.1) is 18.5 Å². The summed E-state index contributed by atoms with van der Waals surface area (Å²) in [6.45, 7) is 2.80. The van der Waals surface area contributed by atoms with Crippen molar-refractivity contribution in [2.75, 3.05) is 11.9 Å². The van der Waals surface area contributed by atoms with Gasteiger partial charge in [-0.3, -0.25) is 10.1 Å². The van der Waals surface area contributed by atoms with E-state index in [1.54, 1.807) is 30.5 Å². The lowest BCUT2D eigenvalue weighted by Crippen LogP contribution is -2.33. The molecule has 0 bridgehead atoms. The molecule has 6 nitrogen and oxygen atoms in total. The van der Waals surface area contributed by atoms with Crippen molar-refractivity contribution in [1.29, 1.82) is 0 Å². The van der Waals surface area contributed by atoms with Crippen LogP contribution in [0.4, 0.5) is 5.69 Å². The van der Waals surface area contributed by atoms with E-state index in [4.69, 9.17) is 21.4 Å². The molecule has 0 saturated heterocycles. The first kappa shape index (κ1) is 18.8. The average Bonchev–Trinajstić information content (AvgIpc) is 3.11. The Bertz CT molecular complexity index is 889. The second-order valence-corrected chi connectivity index (χ2v) is 6.41. The number of para-hydroxylation sites is 1. The van der Waals surface area contributed by atoms with Crippen LogP contribution in [0.25, 0.3) is 11.0 Å². The standard InChI is InChI=1S/C20H21N3O3S/c1-2-3-6-11-25-18-10-9-15(13-21-18)22-20(27)23-19(24)17-12-14-7-4-5-8-16(14)26-17/h4-5,7-10,12-13H,2-3,6,11H2,1H3,(H2,22,23,24,27). The van der Waals surface area contributed by atoms with Gasteiger partial charge in [0.15, 0.2) is 10.9 Å². The van der Waals surface area contributed by atoms with Crippen LogP contribution in [0.1, 0.15) is 36.7 Å². The predicted molar refractivity (Wildman–Crippen MR) is 109 cm³/mol. The number of ether oxygens (including phenoxy) is 1. The number of aromatic nitrogens is 1. The summed E-state index contributed by atoms with van der Waals surface area (Å²) in [6, 6.07) is 12.7. The average molecular weight is 383 g/mol. The van der Waals surface area contributed by atoms with E-state index >= 15 is 0 Å². The van der Waals surface area contributed by atoms with Crippen LogP contribution < -0.4 is 15.4 Å². The summed E-state index contributed by atoms with van der Waals surface area (Å²) >= 11 is 5.18. The van der Waals surface area contributed by atoms with Gasteiger partial charge in [0.2, 0.25) is 5.88 Å². The van der Waals surface area contributed by atoms with Crippen molar-refractivity contribution in [3.05, 3.63) is 54.4 Å². The van der Waals surface area contributed by atoms with Crippen LogP contribution >= 0.6 is 12.2 Å². The lowest BCUT2D eigenvalue weighted by Gasteiger charge is -2.09. The fraction of sp³-hybridized carbons (Fsp3) is 0.250. The second-order valence-electron chi connectivity index (χ2n) is 6.00. The van der Waals surface area contributed by atoms with Gasteiger partial charge >= 0.3 is 0 Å². The molecule has 140 valence electrons. The zero-order valence-electron chi connectivity index (χ0n) is 15.0. The first-order valence-corrected chi connectivity index (χ1v) is 9.26. The Morgan fingerprint density at radius 3 is 2.81 bits per heavy atom. The van der Waals surface area contributed by atoms with Crippen LogP contribution in [0.15, 0.2) is 53.1 Å². The van der Waals surface area contributed by atoms with Gasteiger partial charge in [0.25, 0.3) is 5.91 Å². The molecule has 0 unspecified atom stereocenters. The number of rotatable bonds is 7. The number of furan rings is 1. The molecule has 3 rings (SSSR count). The molecule has 2 aromatic heterocycles. The number of nitrogens with one attached hydrogen (secondary N) is 2. The molecule has 2 N–H and O–H groups in total. The highest BCUT2D eigenvalue weighted by atomic mass is 32.1. The molecule has 0 fully saturated rings. The normalized spacial score (nSPS) is 10.6. The fourth-order valence-corrected chi connectivity index (χ4v) is 2.70. The van der Waals surface area contributed by atoms with Crippen LogP contribution in [0, 0.1) is 0 Å². The summed E-state index contributed by atoms with van der Waals surface area (Å²) in [6.07, 6.45) is 4.90. The summed E-state index contributed by atoms with van der Waals surface area (Å²) in [5, 5.41) is 6.54. The number of fused-ring (bicyclic) bond motifs is 1. The van der Waals surface area contributed by atoms with Crippen LogP contribution in [0.2, 0.25) is 0 Å². The van der Waals surface area contributed by atoms with E-state index in [0.29, 0.717) is 23.8 Å². The van der Waals surface area contributed by atoms with Gasteiger partial charge in [-0.2, -0.15) is 0 Å². The van der Waals surface area contributed by atoms with Gasteiger partial charge in [0.1, 0.15) is 5.58 Å². The van der Waals surface area contributed by atoms with E-state index in [1.165, 1.54) is 0 Å². The molecule has 0 atom stereocenters. The number of hydrogen-bond acceptors (Lipinski definition) is 5. The van der Waals surface area contributed by atoms with Crippen LogP contribution in [-0.2, 0) is 0 Å². The fourth-order valence-electron chi connectivity index (χ4n) is 2.49. The Morgan fingerprint density at radius 1 is 1.22 bits per heavy atom. The summed E-state index contributed by atoms with van der Waals surface area (Å²) in [5.74, 6) is 0.357. The highest BCUT2D eigenvalue weighted by Crippen LogP contribution is 2.18. The molecule has 0 radical (unpaired) electrons. The van der Waals surface area contributed by atoms with Crippen LogP contribution in [0.3, 0.4) is 0 Å². The Balaban J connectivity index is 1.51. The molecule has 0 aliphatic rings. The largest absolute Gasteiger partial charge is 0.478 e. The van der Waals surface area contributed by atoms with Crippen molar-refractivity contribution in [2.24, 2.45) is 0 Å². The SMILES string of the molecule is CCCCCOc1ccc(NC(=S)NC(=O)c2cc3ccccc3o2)cn1. The van der Waals surface area contributed by atoms with E-state index in [9.17, 15) is 4.79 Å². The number of carbonyl (C=O) groups excluding carboxylic acids is 1. The topological polar surface area (TPSA) is 76.4 Å². The summed E-state index contributed by atoms with van der Waals surface area (Å²) in [5.41, 5.74) is 1.31. The molecule has 1 aromatic carbocycles. The molecule has 2 heterocycles. The van der Waals surface area contributed by atoms with E-state index < -0.39 is 5.91 Å². The monoisotopic (exact) mass is 383 g/mol. The molecule has 0 spiro atoms. The molecule has 1 amide bonds. The first-order chi connectivity index (χ1) is 13.2. The third-order valence-corrected chi connectivity index (χ3v) is 4.07. The molecule has 0 aliphatic heterocycles. The zero-order valence-corrected chi connectivity index (χ0v) is 15.8. The van der Waals surface area contributed by atoms with Crippen LogP contribution in [-0.4, -0.2) is 22.6 Å². The van der Waals surface area contributed by atoms with E-state index in [2.05, 4.69) is 22.5 Å². The van der Waals surface area contributed by atoms with Gasteiger partial charge in [-0.1, -0.05) is 38.0 Å². The maximum Gasteiger partial charge on any atom is 0.293 e. The minimum atomic E-state index is -0.410. The van der Waals surface area contributed by atoms with Crippen molar-refractivity contribution < 1.29 is 13.9 Å². The lowest BCUT2D eigenvalue weighted by atomic mass is 10.2. The molecular weight excluding hydrogens is 362 g/mol.